The van der Waals surface area contributed by atoms with Crippen molar-refractivity contribution in [1.29, 1.82) is 0 Å². The van der Waals surface area contributed by atoms with E-state index in [9.17, 15) is 0 Å². The smallest absolute Gasteiger partial charge is 0.0672 e. The lowest BCUT2D eigenvalue weighted by atomic mass is 10.0. The molecule has 2 fully saturated rings. The summed E-state index contributed by atoms with van der Waals surface area (Å²) in [7, 11) is 0. The van der Waals surface area contributed by atoms with Crippen LogP contribution in [0.4, 0.5) is 0 Å². The summed E-state index contributed by atoms with van der Waals surface area (Å²) in [6.07, 6.45) is 3.93. The number of rotatable bonds is 2. The first-order valence-corrected chi connectivity index (χ1v) is 7.29. The summed E-state index contributed by atoms with van der Waals surface area (Å²) >= 11 is 2.17. The molecule has 0 aromatic rings. The predicted molar refractivity (Wildman–Crippen MR) is 68.3 cm³/mol. The van der Waals surface area contributed by atoms with Crippen LogP contribution in [-0.2, 0) is 0 Å². The second-order valence-corrected chi connectivity index (χ2v) is 6.59. The van der Waals surface area contributed by atoms with Crippen molar-refractivity contribution in [2.24, 2.45) is 0 Å². The normalized spacial score (nSPS) is 31.6. The number of hydrogen-bond acceptors (Lipinski definition) is 3. The molecule has 15 heavy (non-hydrogen) atoms. The Kier molecular flexibility index (Phi) is 3.63. The Hall–Kier alpha value is 0.270. The van der Waals surface area contributed by atoms with Crippen LogP contribution in [0.1, 0.15) is 40.0 Å². The van der Waals surface area contributed by atoms with Crippen molar-refractivity contribution in [2.75, 3.05) is 18.8 Å². The van der Waals surface area contributed by atoms with Crippen molar-refractivity contribution in [3.8, 4) is 0 Å². The van der Waals surface area contributed by atoms with Crippen LogP contribution in [0.5, 0.6) is 0 Å². The van der Waals surface area contributed by atoms with Crippen LogP contribution in [0, 0.1) is 0 Å². The van der Waals surface area contributed by atoms with Crippen LogP contribution in [0.2, 0.25) is 0 Å². The highest BCUT2D eigenvalue weighted by molar-refractivity contribution is 8.00. The lowest BCUT2D eigenvalue weighted by Crippen LogP contribution is -2.51. The summed E-state index contributed by atoms with van der Waals surface area (Å²) in [5.74, 6) is 1.32. The summed E-state index contributed by atoms with van der Waals surface area (Å²) in [4.78, 5) is 3.04. The molecule has 88 valence electrons. The minimum Gasteiger partial charge on any atom is -0.301 e. The summed E-state index contributed by atoms with van der Waals surface area (Å²) in [5.41, 5.74) is 0. The molecule has 3 heteroatoms. The summed E-state index contributed by atoms with van der Waals surface area (Å²) in [6.45, 7) is 9.45. The summed E-state index contributed by atoms with van der Waals surface area (Å²) in [5, 5.41) is 3.85. The van der Waals surface area contributed by atoms with Gasteiger partial charge in [0.1, 0.15) is 0 Å². The van der Waals surface area contributed by atoms with Gasteiger partial charge in [0.05, 0.1) is 4.87 Å². The second kappa shape index (κ2) is 4.64. The Labute approximate surface area is 98.2 Å². The van der Waals surface area contributed by atoms with Gasteiger partial charge < -0.3 is 4.90 Å². The highest BCUT2D eigenvalue weighted by atomic mass is 32.2. The van der Waals surface area contributed by atoms with E-state index in [1.165, 1.54) is 38.1 Å². The van der Waals surface area contributed by atoms with Crippen molar-refractivity contribution in [3.63, 3.8) is 0 Å². The monoisotopic (exact) mass is 228 g/mol. The number of nitrogens with one attached hydrogen (secondary N) is 1. The van der Waals surface area contributed by atoms with Gasteiger partial charge in [-0.2, -0.15) is 0 Å². The fourth-order valence-electron chi connectivity index (χ4n) is 2.63. The number of likely N-dealkylation sites (tertiary alicyclic amines) is 1. The molecule has 0 amide bonds. The topological polar surface area (TPSA) is 15.3 Å². The molecule has 2 aliphatic heterocycles. The van der Waals surface area contributed by atoms with Gasteiger partial charge >= 0.3 is 0 Å². The van der Waals surface area contributed by atoms with E-state index in [0.717, 1.165) is 12.1 Å². The molecule has 2 nitrogen and oxygen atoms in total. The van der Waals surface area contributed by atoms with Crippen LogP contribution >= 0.6 is 11.8 Å². The van der Waals surface area contributed by atoms with Crippen molar-refractivity contribution in [1.82, 2.24) is 10.2 Å². The van der Waals surface area contributed by atoms with Gasteiger partial charge in [0.2, 0.25) is 0 Å². The maximum absolute atomic E-state index is 3.85. The minimum absolute atomic E-state index is 0.437. The van der Waals surface area contributed by atoms with Crippen LogP contribution in [0.15, 0.2) is 0 Å². The lowest BCUT2D eigenvalue weighted by Gasteiger charge is -2.41. The molecule has 2 saturated heterocycles. The van der Waals surface area contributed by atoms with E-state index in [0.29, 0.717) is 4.87 Å². The molecule has 0 aromatic carbocycles. The third-order valence-corrected chi connectivity index (χ3v) is 5.50. The van der Waals surface area contributed by atoms with Crippen LogP contribution in [0.3, 0.4) is 0 Å². The van der Waals surface area contributed by atoms with Gasteiger partial charge in [-0.3, -0.25) is 5.32 Å². The molecule has 1 N–H and O–H groups in total. The van der Waals surface area contributed by atoms with Gasteiger partial charge in [-0.1, -0.05) is 6.92 Å². The molecule has 0 aliphatic carbocycles. The first-order chi connectivity index (χ1) is 7.15. The predicted octanol–water partition coefficient (Wildman–Crippen LogP) is 2.30. The number of hydrogen-bond donors (Lipinski definition) is 1. The highest BCUT2D eigenvalue weighted by Gasteiger charge is 2.41. The van der Waals surface area contributed by atoms with Gasteiger partial charge in [0.15, 0.2) is 0 Å². The second-order valence-electron chi connectivity index (χ2n) is 5.18. The third-order valence-electron chi connectivity index (χ3n) is 3.86. The lowest BCUT2D eigenvalue weighted by molar-refractivity contribution is 0.149. The number of nitrogens with zero attached hydrogens (tertiary/aromatic N) is 1. The third kappa shape index (κ3) is 2.51. The zero-order chi connectivity index (χ0) is 10.9. The summed E-state index contributed by atoms with van der Waals surface area (Å²) < 4.78 is 0. The van der Waals surface area contributed by atoms with E-state index in [4.69, 9.17) is 0 Å². The Balaban J connectivity index is 1.87. The van der Waals surface area contributed by atoms with Gasteiger partial charge in [-0.05, 0) is 33.1 Å². The number of thioether (sulfide) groups is 1. The van der Waals surface area contributed by atoms with Gasteiger partial charge in [0.25, 0.3) is 0 Å². The highest BCUT2D eigenvalue weighted by Crippen LogP contribution is 2.39. The zero-order valence-corrected chi connectivity index (χ0v) is 11.1. The Morgan fingerprint density at radius 1 is 1.40 bits per heavy atom. The van der Waals surface area contributed by atoms with Gasteiger partial charge in [-0.15, -0.1) is 11.8 Å². The quantitative estimate of drug-likeness (QED) is 0.781. The average Bonchev–Trinajstić information content (AvgIpc) is 2.62. The fourth-order valence-corrected chi connectivity index (χ4v) is 4.19. The zero-order valence-electron chi connectivity index (χ0n) is 10.3. The van der Waals surface area contributed by atoms with Crippen molar-refractivity contribution >= 4 is 11.8 Å². The number of piperidine rings is 1. The van der Waals surface area contributed by atoms with Crippen LogP contribution < -0.4 is 5.32 Å². The van der Waals surface area contributed by atoms with Crippen LogP contribution in [0.25, 0.3) is 0 Å². The van der Waals surface area contributed by atoms with Crippen molar-refractivity contribution in [2.45, 2.75) is 57.0 Å². The summed E-state index contributed by atoms with van der Waals surface area (Å²) in [6, 6.07) is 1.48. The molecule has 0 radical (unpaired) electrons. The molecule has 0 saturated carbocycles. The molecular formula is C12H24N2S. The first-order valence-electron chi connectivity index (χ1n) is 6.31. The standard InChI is InChI=1S/C12H24N2S/c1-4-11-9-15-12(13-11)5-7-14(8-6-12)10(2)3/h10-11,13H,4-9H2,1-3H3. The Bertz CT molecular complexity index is 210. The molecule has 1 unspecified atom stereocenters. The Morgan fingerprint density at radius 3 is 2.53 bits per heavy atom. The molecule has 1 spiro atoms. The van der Waals surface area contributed by atoms with Crippen molar-refractivity contribution in [3.05, 3.63) is 0 Å². The Morgan fingerprint density at radius 2 is 2.07 bits per heavy atom. The molecule has 2 heterocycles. The fraction of sp³-hybridized carbons (Fsp3) is 1.00. The average molecular weight is 228 g/mol. The SMILES string of the molecule is CCC1CSC2(CCN(C(C)C)CC2)N1. The molecule has 0 aromatic heterocycles. The van der Waals surface area contributed by atoms with Gasteiger partial charge in [-0.25, -0.2) is 0 Å². The largest absolute Gasteiger partial charge is 0.301 e. The van der Waals surface area contributed by atoms with E-state index in [-0.39, 0.29) is 0 Å². The van der Waals surface area contributed by atoms with Crippen molar-refractivity contribution < 1.29 is 0 Å². The maximum atomic E-state index is 3.85. The molecule has 2 aliphatic rings. The molecule has 0 bridgehead atoms. The van der Waals surface area contributed by atoms with Crippen LogP contribution in [-0.4, -0.2) is 40.7 Å². The van der Waals surface area contributed by atoms with E-state index in [2.05, 4.69) is 42.7 Å². The van der Waals surface area contributed by atoms with E-state index in [1.807, 2.05) is 0 Å². The minimum atomic E-state index is 0.437. The van der Waals surface area contributed by atoms with E-state index in [1.54, 1.807) is 0 Å². The van der Waals surface area contributed by atoms with E-state index >= 15 is 0 Å². The molecule has 2 rings (SSSR count). The molecule has 1 atom stereocenters. The van der Waals surface area contributed by atoms with Gasteiger partial charge in [0, 0.05) is 30.9 Å². The molecular weight excluding hydrogens is 204 g/mol. The first kappa shape index (κ1) is 11.7. The maximum Gasteiger partial charge on any atom is 0.0672 e. The van der Waals surface area contributed by atoms with E-state index < -0.39 is 0 Å².